The number of hydrogen-bond donors (Lipinski definition) is 0. The van der Waals surface area contributed by atoms with E-state index in [0.29, 0.717) is 0 Å². The van der Waals surface area contributed by atoms with Gasteiger partial charge in [-0.05, 0) is 24.5 Å². The molecule has 1 saturated carbocycles. The molecule has 0 nitrogen and oxygen atoms in total. The van der Waals surface area contributed by atoms with E-state index in [4.69, 9.17) is 0 Å². The number of benzene rings is 1. The minimum atomic E-state index is -0.0636. The second kappa shape index (κ2) is 1.93. The Morgan fingerprint density at radius 2 is 2.33 bits per heavy atom. The number of fused-ring (bicyclic) bond motifs is 3. The summed E-state index contributed by atoms with van der Waals surface area (Å²) in [5.74, 6) is 1.41. The van der Waals surface area contributed by atoms with Crippen LogP contribution in [0.5, 0.6) is 0 Å². The first-order valence-corrected chi connectivity index (χ1v) is 4.41. The third-order valence-electron chi connectivity index (χ3n) is 3.10. The zero-order valence-electron chi connectivity index (χ0n) is 6.97. The zero-order valence-corrected chi connectivity index (χ0v) is 6.97. The van der Waals surface area contributed by atoms with Gasteiger partial charge in [0.05, 0.1) is 0 Å². The van der Waals surface area contributed by atoms with E-state index in [0.717, 1.165) is 17.3 Å². The van der Waals surface area contributed by atoms with Crippen LogP contribution in [0.4, 0.5) is 4.39 Å². The molecule has 1 aromatic carbocycles. The van der Waals surface area contributed by atoms with Crippen molar-refractivity contribution in [2.24, 2.45) is 0 Å². The highest BCUT2D eigenvalue weighted by Crippen LogP contribution is 2.55. The predicted octanol–water partition coefficient (Wildman–Crippen LogP) is 1.75. The second-order valence-corrected chi connectivity index (χ2v) is 3.85. The molecule has 0 N–H and O–H groups in total. The molecule has 1 heterocycles. The van der Waals surface area contributed by atoms with Crippen LogP contribution in [0.25, 0.3) is 0 Å². The standard InChI is InChI=1S/C10H9BF/c1-5-9(12)3-2-6-7-4-8(7)11-10(5)6/h2-3,7-8H,4H2,1H3. The maximum atomic E-state index is 13.1. The molecular formula is C10H9BF. The molecule has 1 fully saturated rings. The Balaban J connectivity index is 2.24. The van der Waals surface area contributed by atoms with Crippen molar-refractivity contribution in [2.45, 2.75) is 25.1 Å². The highest BCUT2D eigenvalue weighted by Gasteiger charge is 2.46. The number of hydrogen-bond acceptors (Lipinski definition) is 0. The average Bonchev–Trinajstić information content (AvgIpc) is 2.73. The van der Waals surface area contributed by atoms with Crippen molar-refractivity contribution in [3.63, 3.8) is 0 Å². The van der Waals surface area contributed by atoms with Crippen molar-refractivity contribution in [1.29, 1.82) is 0 Å². The van der Waals surface area contributed by atoms with Gasteiger partial charge in [0.25, 0.3) is 0 Å². The third-order valence-corrected chi connectivity index (χ3v) is 3.10. The molecule has 0 aromatic heterocycles. The molecule has 0 amide bonds. The van der Waals surface area contributed by atoms with Crippen LogP contribution >= 0.6 is 0 Å². The van der Waals surface area contributed by atoms with Gasteiger partial charge in [0, 0.05) is 0 Å². The fraction of sp³-hybridized carbons (Fsp3) is 0.400. The van der Waals surface area contributed by atoms with E-state index in [9.17, 15) is 4.39 Å². The fourth-order valence-electron chi connectivity index (χ4n) is 2.24. The van der Waals surface area contributed by atoms with Gasteiger partial charge in [-0.25, -0.2) is 4.39 Å². The molecule has 1 aliphatic heterocycles. The van der Waals surface area contributed by atoms with Crippen molar-refractivity contribution < 1.29 is 4.39 Å². The van der Waals surface area contributed by atoms with Gasteiger partial charge in [-0.2, -0.15) is 0 Å². The van der Waals surface area contributed by atoms with Crippen molar-refractivity contribution >= 4 is 12.7 Å². The van der Waals surface area contributed by atoms with Crippen LogP contribution in [-0.4, -0.2) is 7.28 Å². The minimum Gasteiger partial charge on any atom is -0.207 e. The quantitative estimate of drug-likeness (QED) is 0.506. The lowest BCUT2D eigenvalue weighted by atomic mass is 9.66. The van der Waals surface area contributed by atoms with Gasteiger partial charge < -0.3 is 0 Å². The van der Waals surface area contributed by atoms with Gasteiger partial charge >= 0.3 is 0 Å². The SMILES string of the molecule is Cc1c(F)ccc2c1[B]C1CC21. The Bertz CT molecular complexity index is 359. The number of rotatable bonds is 0. The molecule has 1 radical (unpaired) electrons. The van der Waals surface area contributed by atoms with Crippen LogP contribution in [0.1, 0.15) is 23.5 Å². The first-order chi connectivity index (χ1) is 5.77. The van der Waals surface area contributed by atoms with Gasteiger partial charge in [0.1, 0.15) is 5.82 Å². The van der Waals surface area contributed by atoms with Crippen molar-refractivity contribution in [3.8, 4) is 0 Å². The molecule has 1 aromatic rings. The first-order valence-electron chi connectivity index (χ1n) is 4.41. The summed E-state index contributed by atoms with van der Waals surface area (Å²) in [6.07, 6.45) is 1.29. The topological polar surface area (TPSA) is 0 Å². The molecular weight excluding hydrogens is 150 g/mol. The fourth-order valence-corrected chi connectivity index (χ4v) is 2.24. The summed E-state index contributed by atoms with van der Waals surface area (Å²) in [6.45, 7) is 1.87. The van der Waals surface area contributed by atoms with Crippen LogP contribution in [-0.2, 0) is 0 Å². The van der Waals surface area contributed by atoms with E-state index >= 15 is 0 Å². The molecule has 12 heavy (non-hydrogen) atoms. The Morgan fingerprint density at radius 1 is 1.50 bits per heavy atom. The molecule has 3 rings (SSSR count). The van der Waals surface area contributed by atoms with E-state index in [1.54, 1.807) is 6.07 Å². The smallest absolute Gasteiger partial charge is 0.156 e. The third kappa shape index (κ3) is 0.681. The predicted molar refractivity (Wildman–Crippen MR) is 47.6 cm³/mol. The summed E-state index contributed by atoms with van der Waals surface area (Å²) in [7, 11) is 2.23. The van der Waals surface area contributed by atoms with Crippen molar-refractivity contribution in [3.05, 3.63) is 29.1 Å². The van der Waals surface area contributed by atoms with Crippen LogP contribution in [0.15, 0.2) is 12.1 Å². The monoisotopic (exact) mass is 159 g/mol. The molecule has 1 aliphatic carbocycles. The largest absolute Gasteiger partial charge is 0.207 e. The molecule has 0 saturated heterocycles. The molecule has 2 atom stereocenters. The molecule has 2 unspecified atom stereocenters. The molecule has 0 bridgehead atoms. The van der Waals surface area contributed by atoms with Crippen LogP contribution in [0, 0.1) is 12.7 Å². The highest BCUT2D eigenvalue weighted by atomic mass is 19.1. The van der Waals surface area contributed by atoms with Gasteiger partial charge in [-0.3, -0.25) is 0 Å². The normalized spacial score (nSPS) is 29.2. The Hall–Kier alpha value is -0.785. The molecule has 2 aliphatic rings. The van der Waals surface area contributed by atoms with Gasteiger partial charge in [-0.1, -0.05) is 29.3 Å². The summed E-state index contributed by atoms with van der Waals surface area (Å²) in [4.78, 5) is 0. The van der Waals surface area contributed by atoms with Gasteiger partial charge in [0.2, 0.25) is 0 Å². The lowest BCUT2D eigenvalue weighted by Crippen LogP contribution is -2.18. The Morgan fingerprint density at radius 3 is 3.17 bits per heavy atom. The van der Waals surface area contributed by atoms with E-state index in [1.807, 2.05) is 13.0 Å². The summed E-state index contributed by atoms with van der Waals surface area (Å²) in [5.41, 5.74) is 3.38. The summed E-state index contributed by atoms with van der Waals surface area (Å²) in [6, 6.07) is 3.55. The summed E-state index contributed by atoms with van der Waals surface area (Å²) < 4.78 is 13.1. The lowest BCUT2D eigenvalue weighted by molar-refractivity contribution is 0.619. The van der Waals surface area contributed by atoms with Crippen molar-refractivity contribution in [2.75, 3.05) is 0 Å². The average molecular weight is 159 g/mol. The summed E-state index contributed by atoms with van der Waals surface area (Å²) in [5, 5.41) is 0. The second-order valence-electron chi connectivity index (χ2n) is 3.85. The maximum absolute atomic E-state index is 13.1. The number of halogens is 1. The van der Waals surface area contributed by atoms with E-state index in [-0.39, 0.29) is 5.82 Å². The first kappa shape index (κ1) is 6.70. The van der Waals surface area contributed by atoms with Crippen LogP contribution in [0.3, 0.4) is 0 Å². The van der Waals surface area contributed by atoms with E-state index in [2.05, 4.69) is 7.28 Å². The Kier molecular flexibility index (Phi) is 1.08. The Labute approximate surface area is 72.0 Å². The van der Waals surface area contributed by atoms with Crippen molar-refractivity contribution in [1.82, 2.24) is 0 Å². The maximum Gasteiger partial charge on any atom is 0.156 e. The zero-order chi connectivity index (χ0) is 8.29. The molecule has 2 heteroatoms. The minimum absolute atomic E-state index is 0.0636. The van der Waals surface area contributed by atoms with Gasteiger partial charge in [0.15, 0.2) is 7.28 Å². The van der Waals surface area contributed by atoms with Gasteiger partial charge in [-0.15, -0.1) is 0 Å². The molecule has 59 valence electrons. The lowest BCUT2D eigenvalue weighted by Gasteiger charge is -2.06. The van der Waals surface area contributed by atoms with Crippen LogP contribution < -0.4 is 5.46 Å². The summed E-state index contributed by atoms with van der Waals surface area (Å²) >= 11 is 0. The van der Waals surface area contributed by atoms with E-state index in [1.165, 1.54) is 17.4 Å². The molecule has 0 spiro atoms. The van der Waals surface area contributed by atoms with Crippen LogP contribution in [0.2, 0.25) is 5.82 Å². The highest BCUT2D eigenvalue weighted by molar-refractivity contribution is 6.59. The van der Waals surface area contributed by atoms with E-state index < -0.39 is 0 Å².